The predicted octanol–water partition coefficient (Wildman–Crippen LogP) is 3.80. The molecular weight excluding hydrogens is 605 g/mol. The summed E-state index contributed by atoms with van der Waals surface area (Å²) in [4.78, 5) is 21.1. The van der Waals surface area contributed by atoms with E-state index in [4.69, 9.17) is 9.84 Å². The number of nitrogens with one attached hydrogen (secondary N) is 1. The Hall–Kier alpha value is -2.97. The van der Waals surface area contributed by atoms with Crippen molar-refractivity contribution in [3.63, 3.8) is 0 Å². The number of β-amino-alcohol motifs (C(OH)–C–C–N with tert-alkyl or cyclic N) is 1. The Morgan fingerprint density at radius 2 is 1.91 bits per heavy atom. The number of hydrogen-bond acceptors (Lipinski definition) is 8. The lowest BCUT2D eigenvalue weighted by Crippen LogP contribution is -2.41. The number of piperidine rings is 1. The van der Waals surface area contributed by atoms with Crippen LogP contribution < -0.4 is 5.32 Å². The van der Waals surface area contributed by atoms with Crippen molar-refractivity contribution in [2.24, 2.45) is 0 Å². The quantitative estimate of drug-likeness (QED) is 0.340. The molecule has 3 aliphatic heterocycles. The number of alkyl halides is 3. The fraction of sp³-hybridized carbons (Fsp3) is 0.531. The van der Waals surface area contributed by atoms with E-state index in [-0.39, 0.29) is 16.6 Å². The van der Waals surface area contributed by atoms with Gasteiger partial charge in [0.1, 0.15) is 0 Å². The van der Waals surface area contributed by atoms with Crippen LogP contribution >= 0.6 is 11.8 Å². The van der Waals surface area contributed by atoms with Gasteiger partial charge in [-0.25, -0.2) is 0 Å². The third kappa shape index (κ3) is 7.71. The number of amides is 1. The van der Waals surface area contributed by atoms with Crippen LogP contribution in [-0.2, 0) is 35.2 Å². The number of benzene rings is 1. The minimum atomic E-state index is -4.56. The minimum absolute atomic E-state index is 0.00261. The normalized spacial score (nSPS) is 19.0. The fourth-order valence-electron chi connectivity index (χ4n) is 6.45. The molecule has 5 heterocycles. The van der Waals surface area contributed by atoms with Crippen LogP contribution in [0.1, 0.15) is 41.3 Å². The van der Waals surface area contributed by atoms with Crippen LogP contribution in [0.25, 0.3) is 11.3 Å². The number of aliphatic hydroxyl groups is 1. The highest BCUT2D eigenvalue weighted by atomic mass is 32.2. The number of halogens is 3. The smallest absolute Gasteiger partial charge is 0.390 e. The molecule has 0 bridgehead atoms. The number of nitrogens with zero attached hydrogens (tertiary/aromatic N) is 5. The SMILES string of the molecule is O=C(CSc1cc(-c2nn(CC(O)CN3CCC(c4ccccn4)CC3)c3c2CNCC3)ccc1C(F)(F)F)N1CCOCC1. The number of pyridine rings is 1. The zero-order valence-corrected chi connectivity index (χ0v) is 26.0. The van der Waals surface area contributed by atoms with Crippen LogP contribution in [0, 0.1) is 0 Å². The number of thioether (sulfide) groups is 1. The molecule has 1 atom stereocenters. The summed E-state index contributed by atoms with van der Waals surface area (Å²) in [5, 5.41) is 19.3. The molecule has 1 amide bonds. The molecule has 2 N–H and O–H groups in total. The van der Waals surface area contributed by atoms with E-state index in [1.54, 1.807) is 4.90 Å². The summed E-state index contributed by atoms with van der Waals surface area (Å²) in [7, 11) is 0. The number of fused-ring (bicyclic) bond motifs is 1. The summed E-state index contributed by atoms with van der Waals surface area (Å²) < 4.78 is 49.1. The molecule has 0 spiro atoms. The first-order valence-corrected chi connectivity index (χ1v) is 16.6. The third-order valence-corrected chi connectivity index (χ3v) is 9.87. The van der Waals surface area contributed by atoms with Crippen molar-refractivity contribution >= 4 is 17.7 Å². The zero-order valence-electron chi connectivity index (χ0n) is 25.1. The van der Waals surface area contributed by atoms with E-state index in [1.807, 2.05) is 23.0 Å². The number of aliphatic hydroxyl groups excluding tert-OH is 1. The topological polar surface area (TPSA) is 95.8 Å². The van der Waals surface area contributed by atoms with Crippen molar-refractivity contribution in [2.75, 3.05) is 58.2 Å². The predicted molar refractivity (Wildman–Crippen MR) is 165 cm³/mol. The first-order chi connectivity index (χ1) is 21.8. The van der Waals surface area contributed by atoms with Crippen molar-refractivity contribution in [2.45, 2.75) is 55.4 Å². The van der Waals surface area contributed by atoms with Crippen LogP contribution in [0.3, 0.4) is 0 Å². The van der Waals surface area contributed by atoms with Gasteiger partial charge in [-0.3, -0.25) is 14.5 Å². The van der Waals surface area contributed by atoms with Gasteiger partial charge in [-0.2, -0.15) is 18.3 Å². The number of morpholine rings is 1. The lowest BCUT2D eigenvalue weighted by molar-refractivity contribution is -0.139. The standard InChI is InChI=1S/C32H39F3N6O3S/c33-32(34,35)26-5-4-23(17-29(26)45-21-30(43)40-13-15-44-16-14-40)31-25-18-36-10-6-28(25)41(38-31)20-24(42)19-39-11-7-22(8-12-39)27-3-1-2-9-37-27/h1-5,9,17,22,24,36,42H,6-8,10-16,18-21H2. The average Bonchev–Trinajstić information content (AvgIpc) is 3.42. The van der Waals surface area contributed by atoms with Crippen molar-refractivity contribution in [3.05, 3.63) is 65.1 Å². The molecule has 0 saturated carbocycles. The van der Waals surface area contributed by atoms with Crippen LogP contribution in [0.4, 0.5) is 13.2 Å². The molecule has 3 aromatic rings. The molecule has 242 valence electrons. The Morgan fingerprint density at radius 1 is 1.11 bits per heavy atom. The minimum Gasteiger partial charge on any atom is -0.390 e. The number of carbonyl (C=O) groups excluding carboxylic acids is 1. The van der Waals surface area contributed by atoms with E-state index in [0.717, 1.165) is 67.3 Å². The Bertz CT molecular complexity index is 1460. The van der Waals surface area contributed by atoms with Gasteiger partial charge in [-0.1, -0.05) is 12.1 Å². The number of rotatable bonds is 9. The number of likely N-dealkylation sites (tertiary alicyclic amines) is 1. The fourth-order valence-corrected chi connectivity index (χ4v) is 7.46. The summed E-state index contributed by atoms with van der Waals surface area (Å²) >= 11 is 0.906. The Labute approximate surface area is 265 Å². The number of carbonyl (C=O) groups is 1. The lowest BCUT2D eigenvalue weighted by Gasteiger charge is -2.33. The van der Waals surface area contributed by atoms with Crippen LogP contribution in [0.5, 0.6) is 0 Å². The maximum absolute atomic E-state index is 14.0. The van der Waals surface area contributed by atoms with Gasteiger partial charge in [0.2, 0.25) is 5.91 Å². The lowest BCUT2D eigenvalue weighted by atomic mass is 9.93. The van der Waals surface area contributed by atoms with Gasteiger partial charge in [-0.05, 0) is 50.2 Å². The maximum atomic E-state index is 14.0. The molecule has 2 saturated heterocycles. The van der Waals surface area contributed by atoms with E-state index in [0.29, 0.717) is 69.5 Å². The molecule has 13 heteroatoms. The van der Waals surface area contributed by atoms with E-state index < -0.39 is 17.8 Å². The first kappa shape index (κ1) is 32.0. The van der Waals surface area contributed by atoms with Gasteiger partial charge in [-0.15, -0.1) is 11.8 Å². The average molecular weight is 645 g/mol. The summed E-state index contributed by atoms with van der Waals surface area (Å²) in [6, 6.07) is 10.1. The van der Waals surface area contributed by atoms with Crippen molar-refractivity contribution in [1.29, 1.82) is 0 Å². The third-order valence-electron chi connectivity index (χ3n) is 8.83. The molecule has 45 heavy (non-hydrogen) atoms. The molecule has 1 aromatic carbocycles. The monoisotopic (exact) mass is 644 g/mol. The second kappa shape index (κ2) is 14.2. The van der Waals surface area contributed by atoms with Crippen LogP contribution in [0.2, 0.25) is 0 Å². The summed E-state index contributed by atoms with van der Waals surface area (Å²) in [5.74, 6) is 0.131. The molecule has 0 aliphatic carbocycles. The van der Waals surface area contributed by atoms with Gasteiger partial charge < -0.3 is 25.0 Å². The molecule has 3 aliphatic rings. The highest BCUT2D eigenvalue weighted by Crippen LogP contribution is 2.40. The van der Waals surface area contributed by atoms with Crippen molar-refractivity contribution < 1.29 is 27.8 Å². The Morgan fingerprint density at radius 3 is 2.64 bits per heavy atom. The second-order valence-electron chi connectivity index (χ2n) is 11.9. The molecular formula is C32H39F3N6O3S. The van der Waals surface area contributed by atoms with E-state index in [1.165, 1.54) is 12.1 Å². The van der Waals surface area contributed by atoms with Crippen molar-refractivity contribution in [3.8, 4) is 11.3 Å². The Kier molecular flexibility index (Phi) is 10.1. The second-order valence-corrected chi connectivity index (χ2v) is 12.9. The summed E-state index contributed by atoms with van der Waals surface area (Å²) in [6.07, 6.45) is -0.683. The van der Waals surface area contributed by atoms with Gasteiger partial charge in [0.15, 0.2) is 0 Å². The van der Waals surface area contributed by atoms with Gasteiger partial charge in [0.05, 0.1) is 42.9 Å². The Balaban J connectivity index is 1.16. The van der Waals surface area contributed by atoms with E-state index >= 15 is 0 Å². The number of ether oxygens (including phenoxy) is 1. The highest BCUT2D eigenvalue weighted by molar-refractivity contribution is 8.00. The van der Waals surface area contributed by atoms with Crippen molar-refractivity contribution in [1.82, 2.24) is 29.9 Å². The summed E-state index contributed by atoms with van der Waals surface area (Å²) in [5.41, 5.74) is 3.46. The molecule has 0 radical (unpaired) electrons. The molecule has 2 aromatic heterocycles. The van der Waals surface area contributed by atoms with Gasteiger partial charge in [0, 0.05) is 78.7 Å². The van der Waals surface area contributed by atoms with Crippen LogP contribution in [0.15, 0.2) is 47.5 Å². The molecule has 1 unspecified atom stereocenters. The first-order valence-electron chi connectivity index (χ1n) is 15.6. The van der Waals surface area contributed by atoms with E-state index in [2.05, 4.69) is 21.3 Å². The number of hydrogen-bond donors (Lipinski definition) is 2. The highest BCUT2D eigenvalue weighted by Gasteiger charge is 2.35. The summed E-state index contributed by atoms with van der Waals surface area (Å²) in [6.45, 7) is 5.63. The molecule has 6 rings (SSSR count). The van der Waals surface area contributed by atoms with Gasteiger partial charge in [0.25, 0.3) is 0 Å². The molecule has 2 fully saturated rings. The molecule has 9 nitrogen and oxygen atoms in total. The van der Waals surface area contributed by atoms with Crippen LogP contribution in [-0.4, -0.2) is 99.9 Å². The number of aromatic nitrogens is 3. The zero-order chi connectivity index (χ0) is 31.4. The maximum Gasteiger partial charge on any atom is 0.417 e. The van der Waals surface area contributed by atoms with Gasteiger partial charge >= 0.3 is 6.18 Å². The van der Waals surface area contributed by atoms with E-state index in [9.17, 15) is 23.1 Å². The largest absolute Gasteiger partial charge is 0.417 e.